The molecule has 1 amide bonds. The van der Waals surface area contributed by atoms with E-state index in [1.807, 2.05) is 24.3 Å². The summed E-state index contributed by atoms with van der Waals surface area (Å²) in [5.74, 6) is 1.48. The highest BCUT2D eigenvalue weighted by atomic mass is 127. The Morgan fingerprint density at radius 1 is 1.28 bits per heavy atom. The lowest BCUT2D eigenvalue weighted by Gasteiger charge is -2.12. The van der Waals surface area contributed by atoms with Crippen molar-refractivity contribution in [1.29, 1.82) is 0 Å². The molecule has 6 nitrogen and oxygen atoms in total. The topological polar surface area (TPSA) is 74.8 Å². The Kier molecular flexibility index (Phi) is 12.9. The summed E-state index contributed by atoms with van der Waals surface area (Å²) >= 11 is 0. The maximum Gasteiger partial charge on any atom is 0.251 e. The van der Waals surface area contributed by atoms with E-state index in [-0.39, 0.29) is 36.0 Å². The van der Waals surface area contributed by atoms with Crippen LogP contribution in [-0.2, 0) is 11.3 Å². The first-order chi connectivity index (χ1) is 13.6. The zero-order valence-electron chi connectivity index (χ0n) is 18.0. The largest absolute Gasteiger partial charge is 0.376 e. The van der Waals surface area contributed by atoms with Crippen molar-refractivity contribution in [2.75, 3.05) is 26.2 Å². The molecule has 164 valence electrons. The minimum absolute atomic E-state index is 0. The number of halogens is 1. The van der Waals surface area contributed by atoms with Crippen LogP contribution in [0.1, 0.15) is 62.4 Å². The third kappa shape index (κ3) is 10.3. The van der Waals surface area contributed by atoms with Gasteiger partial charge >= 0.3 is 0 Å². The highest BCUT2D eigenvalue weighted by molar-refractivity contribution is 14.0. The molecule has 1 aliphatic heterocycles. The summed E-state index contributed by atoms with van der Waals surface area (Å²) < 4.78 is 5.56. The Bertz CT molecular complexity index is 631. The monoisotopic (exact) mass is 516 g/mol. The van der Waals surface area contributed by atoms with Crippen LogP contribution in [0.15, 0.2) is 29.3 Å². The van der Waals surface area contributed by atoms with Crippen molar-refractivity contribution in [3.05, 3.63) is 35.4 Å². The van der Waals surface area contributed by atoms with E-state index in [2.05, 4.69) is 41.7 Å². The Morgan fingerprint density at radius 2 is 2.10 bits per heavy atom. The van der Waals surface area contributed by atoms with Crippen molar-refractivity contribution in [3.63, 3.8) is 0 Å². The summed E-state index contributed by atoms with van der Waals surface area (Å²) in [7, 11) is 0. The number of benzene rings is 1. The predicted octanol–water partition coefficient (Wildman–Crippen LogP) is 3.70. The number of hydrogen-bond acceptors (Lipinski definition) is 3. The van der Waals surface area contributed by atoms with Gasteiger partial charge in [0.1, 0.15) is 0 Å². The normalized spacial score (nSPS) is 16.4. The number of guanidine groups is 1. The molecule has 1 unspecified atom stereocenters. The van der Waals surface area contributed by atoms with Gasteiger partial charge in [0.2, 0.25) is 0 Å². The van der Waals surface area contributed by atoms with Gasteiger partial charge in [-0.1, -0.05) is 26.0 Å². The summed E-state index contributed by atoms with van der Waals surface area (Å²) in [5, 5.41) is 9.63. The molecule has 0 bridgehead atoms. The first-order valence-electron chi connectivity index (χ1n) is 10.6. The number of nitrogens with zero attached hydrogens (tertiary/aromatic N) is 1. The second-order valence-corrected chi connectivity index (χ2v) is 7.70. The van der Waals surface area contributed by atoms with Crippen molar-refractivity contribution >= 4 is 35.8 Å². The molecule has 1 heterocycles. The maximum atomic E-state index is 12.4. The van der Waals surface area contributed by atoms with Gasteiger partial charge in [0, 0.05) is 31.8 Å². The van der Waals surface area contributed by atoms with Gasteiger partial charge in [0.05, 0.1) is 12.6 Å². The summed E-state index contributed by atoms with van der Waals surface area (Å²) in [6.07, 6.45) is 4.58. The van der Waals surface area contributed by atoms with Gasteiger partial charge < -0.3 is 20.7 Å². The molecule has 0 aromatic heterocycles. The summed E-state index contributed by atoms with van der Waals surface area (Å²) in [6, 6.07) is 7.67. The quantitative estimate of drug-likeness (QED) is 0.192. The van der Waals surface area contributed by atoms with Gasteiger partial charge in [-0.3, -0.25) is 4.79 Å². The number of aliphatic imine (C=N–C) groups is 1. The number of amides is 1. The average Bonchev–Trinajstić information content (AvgIpc) is 3.21. The first kappa shape index (κ1) is 25.7. The molecule has 1 atom stereocenters. The number of nitrogens with one attached hydrogen (secondary N) is 3. The van der Waals surface area contributed by atoms with Crippen LogP contribution < -0.4 is 16.0 Å². The van der Waals surface area contributed by atoms with Gasteiger partial charge in [0.25, 0.3) is 5.91 Å². The van der Waals surface area contributed by atoms with E-state index in [0.29, 0.717) is 18.7 Å². The molecular weight excluding hydrogens is 479 g/mol. The van der Waals surface area contributed by atoms with Gasteiger partial charge in [0.15, 0.2) is 5.96 Å². The van der Waals surface area contributed by atoms with Crippen LogP contribution in [0, 0.1) is 5.92 Å². The van der Waals surface area contributed by atoms with E-state index in [4.69, 9.17) is 4.74 Å². The number of carbonyl (C=O) groups is 1. The van der Waals surface area contributed by atoms with Crippen LogP contribution >= 0.6 is 24.0 Å². The fourth-order valence-electron chi connectivity index (χ4n) is 3.15. The predicted molar refractivity (Wildman–Crippen MR) is 130 cm³/mol. The zero-order valence-corrected chi connectivity index (χ0v) is 20.3. The standard InChI is InChI=1S/C22H36N4O2.HI/c1-4-23-22(24-12-6-8-17(2)3)26-15-18-9-5-10-19(14-18)21(27)25-16-20-11-7-13-28-20;/h5,9-10,14,17,20H,4,6-8,11-13,15-16H2,1-3H3,(H,25,27)(H2,23,24,26);1H. The molecule has 1 aromatic rings. The SMILES string of the molecule is CCNC(=NCc1cccc(C(=O)NCC2CCCO2)c1)NCCCC(C)C.I. The molecule has 3 N–H and O–H groups in total. The molecule has 1 saturated heterocycles. The molecule has 1 fully saturated rings. The molecular formula is C22H37IN4O2. The summed E-state index contributed by atoms with van der Waals surface area (Å²) in [4.78, 5) is 17.0. The summed E-state index contributed by atoms with van der Waals surface area (Å²) in [6.45, 7) is 10.2. The molecule has 0 radical (unpaired) electrons. The Morgan fingerprint density at radius 3 is 2.79 bits per heavy atom. The molecule has 0 saturated carbocycles. The van der Waals surface area contributed by atoms with Crippen molar-refractivity contribution in [1.82, 2.24) is 16.0 Å². The van der Waals surface area contributed by atoms with Crippen LogP contribution in [-0.4, -0.2) is 44.2 Å². The number of hydrogen-bond donors (Lipinski definition) is 3. The van der Waals surface area contributed by atoms with Crippen LogP contribution in [0.5, 0.6) is 0 Å². The minimum atomic E-state index is -0.0555. The number of ether oxygens (including phenoxy) is 1. The second kappa shape index (κ2) is 14.6. The molecule has 0 spiro atoms. The molecule has 2 rings (SSSR count). The van der Waals surface area contributed by atoms with E-state index in [1.165, 1.54) is 6.42 Å². The van der Waals surface area contributed by atoms with Crippen molar-refractivity contribution in [2.24, 2.45) is 10.9 Å². The van der Waals surface area contributed by atoms with Crippen LogP contribution in [0.2, 0.25) is 0 Å². The van der Waals surface area contributed by atoms with Crippen LogP contribution in [0.4, 0.5) is 0 Å². The van der Waals surface area contributed by atoms with E-state index < -0.39 is 0 Å². The Labute approximate surface area is 192 Å². The van der Waals surface area contributed by atoms with Crippen molar-refractivity contribution in [3.8, 4) is 0 Å². The Balaban J connectivity index is 0.00000420. The summed E-state index contributed by atoms with van der Waals surface area (Å²) in [5.41, 5.74) is 1.68. The van der Waals surface area contributed by atoms with E-state index in [9.17, 15) is 4.79 Å². The van der Waals surface area contributed by atoms with Crippen molar-refractivity contribution in [2.45, 2.75) is 59.1 Å². The lowest BCUT2D eigenvalue weighted by atomic mass is 10.1. The van der Waals surface area contributed by atoms with E-state index in [0.717, 1.165) is 56.4 Å². The van der Waals surface area contributed by atoms with E-state index in [1.54, 1.807) is 0 Å². The molecule has 0 aliphatic carbocycles. The lowest BCUT2D eigenvalue weighted by Crippen LogP contribution is -2.37. The number of rotatable bonds is 10. The maximum absolute atomic E-state index is 12.4. The minimum Gasteiger partial charge on any atom is -0.376 e. The third-order valence-corrected chi connectivity index (χ3v) is 4.72. The van der Waals surface area contributed by atoms with Crippen LogP contribution in [0.3, 0.4) is 0 Å². The highest BCUT2D eigenvalue weighted by Crippen LogP contribution is 2.11. The molecule has 1 aliphatic rings. The Hall–Kier alpha value is -1.35. The van der Waals surface area contributed by atoms with Gasteiger partial charge in [-0.2, -0.15) is 0 Å². The zero-order chi connectivity index (χ0) is 20.2. The molecule has 7 heteroatoms. The van der Waals surface area contributed by atoms with Crippen molar-refractivity contribution < 1.29 is 9.53 Å². The van der Waals surface area contributed by atoms with Gasteiger partial charge in [-0.15, -0.1) is 24.0 Å². The fraction of sp³-hybridized carbons (Fsp3) is 0.636. The van der Waals surface area contributed by atoms with Gasteiger partial charge in [-0.25, -0.2) is 4.99 Å². The van der Waals surface area contributed by atoms with Crippen LogP contribution in [0.25, 0.3) is 0 Å². The lowest BCUT2D eigenvalue weighted by molar-refractivity contribution is 0.0857. The average molecular weight is 516 g/mol. The molecule has 1 aromatic carbocycles. The fourth-order valence-corrected chi connectivity index (χ4v) is 3.15. The number of carbonyl (C=O) groups excluding carboxylic acids is 1. The smallest absolute Gasteiger partial charge is 0.251 e. The van der Waals surface area contributed by atoms with E-state index >= 15 is 0 Å². The second-order valence-electron chi connectivity index (χ2n) is 7.70. The first-order valence-corrected chi connectivity index (χ1v) is 10.6. The molecule has 29 heavy (non-hydrogen) atoms. The highest BCUT2D eigenvalue weighted by Gasteiger charge is 2.16. The van der Waals surface area contributed by atoms with Gasteiger partial charge in [-0.05, 0) is 56.2 Å². The third-order valence-electron chi connectivity index (χ3n) is 4.72.